The van der Waals surface area contributed by atoms with Crippen molar-refractivity contribution in [3.8, 4) is 0 Å². The fourth-order valence-electron chi connectivity index (χ4n) is 2.68. The number of carboxylic acids is 1. The molecule has 0 fully saturated rings. The molecule has 138 valence electrons. The summed E-state index contributed by atoms with van der Waals surface area (Å²) in [4.78, 5) is 37.9. The minimum Gasteiger partial charge on any atom is -0.480 e. The predicted molar refractivity (Wildman–Crippen MR) is 99.8 cm³/mol. The summed E-state index contributed by atoms with van der Waals surface area (Å²) in [5.74, 6) is -1.63. The summed E-state index contributed by atoms with van der Waals surface area (Å²) in [5, 5.41) is 14.2. The average molecular weight is 374 g/mol. The van der Waals surface area contributed by atoms with Crippen molar-refractivity contribution in [1.82, 2.24) is 10.2 Å². The number of nitrogens with zero attached hydrogens (tertiary/aromatic N) is 1. The largest absolute Gasteiger partial charge is 0.480 e. The molecule has 1 heterocycles. The minimum absolute atomic E-state index is 0.00909. The van der Waals surface area contributed by atoms with Crippen molar-refractivity contribution in [3.05, 3.63) is 58.3 Å². The van der Waals surface area contributed by atoms with Gasteiger partial charge in [-0.1, -0.05) is 36.4 Å². The second-order valence-corrected chi connectivity index (χ2v) is 7.00. The van der Waals surface area contributed by atoms with Gasteiger partial charge in [-0.15, -0.1) is 11.3 Å². The molecule has 0 aliphatic rings. The molecule has 2 unspecified atom stereocenters. The summed E-state index contributed by atoms with van der Waals surface area (Å²) in [5.41, 5.74) is 0.844. The van der Waals surface area contributed by atoms with Crippen LogP contribution >= 0.6 is 11.3 Å². The third-order valence-electron chi connectivity index (χ3n) is 4.06. The molecule has 1 aromatic carbocycles. The SMILES string of the molecule is CC(=O)NC(CC(=O)N(C)C(Cc1ccccc1)C(=O)O)c1cccs1. The molecule has 26 heavy (non-hydrogen) atoms. The Bertz CT molecular complexity index is 746. The van der Waals surface area contributed by atoms with E-state index in [9.17, 15) is 19.5 Å². The highest BCUT2D eigenvalue weighted by molar-refractivity contribution is 7.10. The van der Waals surface area contributed by atoms with E-state index in [0.717, 1.165) is 10.4 Å². The zero-order valence-corrected chi connectivity index (χ0v) is 15.5. The number of aliphatic carboxylic acids is 1. The fourth-order valence-corrected chi connectivity index (χ4v) is 3.46. The van der Waals surface area contributed by atoms with Gasteiger partial charge in [0.2, 0.25) is 11.8 Å². The smallest absolute Gasteiger partial charge is 0.326 e. The summed E-state index contributed by atoms with van der Waals surface area (Å²) >= 11 is 1.44. The van der Waals surface area contributed by atoms with Crippen LogP contribution in [-0.4, -0.2) is 40.9 Å². The maximum Gasteiger partial charge on any atom is 0.326 e. The Morgan fingerprint density at radius 2 is 1.85 bits per heavy atom. The maximum atomic E-state index is 12.7. The molecule has 1 aromatic heterocycles. The van der Waals surface area contributed by atoms with Crippen LogP contribution in [0.5, 0.6) is 0 Å². The first kappa shape index (κ1) is 19.7. The summed E-state index contributed by atoms with van der Waals surface area (Å²) in [6, 6.07) is 11.4. The summed E-state index contributed by atoms with van der Waals surface area (Å²) in [6.45, 7) is 1.39. The summed E-state index contributed by atoms with van der Waals surface area (Å²) in [7, 11) is 1.49. The van der Waals surface area contributed by atoms with Gasteiger partial charge in [0.05, 0.1) is 12.5 Å². The van der Waals surface area contributed by atoms with E-state index in [1.54, 1.807) is 0 Å². The second-order valence-electron chi connectivity index (χ2n) is 6.02. The highest BCUT2D eigenvalue weighted by Gasteiger charge is 2.29. The number of amides is 2. The zero-order chi connectivity index (χ0) is 19.1. The Balaban J connectivity index is 2.11. The Hall–Kier alpha value is -2.67. The summed E-state index contributed by atoms with van der Waals surface area (Å²) < 4.78 is 0. The molecule has 2 atom stereocenters. The van der Waals surface area contributed by atoms with E-state index in [4.69, 9.17) is 0 Å². The lowest BCUT2D eigenvalue weighted by Gasteiger charge is -2.27. The van der Waals surface area contributed by atoms with Crippen LogP contribution in [0.15, 0.2) is 47.8 Å². The normalized spacial score (nSPS) is 12.8. The standard InChI is InChI=1S/C19H22N2O4S/c1-13(22)20-15(17-9-6-10-26-17)12-18(23)21(2)16(19(24)25)11-14-7-4-3-5-8-14/h3-10,15-16H,11-12H2,1-2H3,(H,20,22)(H,24,25). The highest BCUT2D eigenvalue weighted by atomic mass is 32.1. The number of thiophene rings is 1. The van der Waals surface area contributed by atoms with Gasteiger partial charge in [0.15, 0.2) is 0 Å². The van der Waals surface area contributed by atoms with Crippen molar-refractivity contribution < 1.29 is 19.5 Å². The number of carbonyl (C=O) groups excluding carboxylic acids is 2. The van der Waals surface area contributed by atoms with Crippen molar-refractivity contribution in [2.24, 2.45) is 0 Å². The Morgan fingerprint density at radius 1 is 1.15 bits per heavy atom. The molecule has 2 amide bonds. The first-order valence-corrected chi connectivity index (χ1v) is 9.09. The molecule has 0 aliphatic carbocycles. The molecule has 0 aliphatic heterocycles. The van der Waals surface area contributed by atoms with Gasteiger partial charge in [-0.05, 0) is 17.0 Å². The van der Waals surface area contributed by atoms with Crippen molar-refractivity contribution in [3.63, 3.8) is 0 Å². The van der Waals surface area contributed by atoms with Crippen LogP contribution in [0.1, 0.15) is 29.8 Å². The molecular weight excluding hydrogens is 352 g/mol. The van der Waals surface area contributed by atoms with Crippen LogP contribution in [0.3, 0.4) is 0 Å². The molecule has 2 aromatic rings. The lowest BCUT2D eigenvalue weighted by molar-refractivity contribution is -0.149. The first-order valence-electron chi connectivity index (χ1n) is 8.21. The minimum atomic E-state index is -1.06. The van der Waals surface area contributed by atoms with Crippen LogP contribution in [0.4, 0.5) is 0 Å². The molecule has 0 saturated carbocycles. The third-order valence-corrected chi connectivity index (χ3v) is 5.05. The van der Waals surface area contributed by atoms with E-state index in [1.165, 1.54) is 30.2 Å². The number of nitrogens with one attached hydrogen (secondary N) is 1. The van der Waals surface area contributed by atoms with Crippen LogP contribution < -0.4 is 5.32 Å². The van der Waals surface area contributed by atoms with Crippen molar-refractivity contribution in [2.75, 3.05) is 7.05 Å². The number of hydrogen-bond acceptors (Lipinski definition) is 4. The van der Waals surface area contributed by atoms with Crippen LogP contribution in [0, 0.1) is 0 Å². The number of likely N-dealkylation sites (N-methyl/N-ethyl adjacent to an activating group) is 1. The molecule has 0 saturated heterocycles. The zero-order valence-electron chi connectivity index (χ0n) is 14.7. The number of hydrogen-bond donors (Lipinski definition) is 2. The maximum absolute atomic E-state index is 12.7. The van der Waals surface area contributed by atoms with E-state index in [-0.39, 0.29) is 24.7 Å². The molecule has 0 bridgehead atoms. The van der Waals surface area contributed by atoms with Gasteiger partial charge in [-0.3, -0.25) is 9.59 Å². The Morgan fingerprint density at radius 3 is 2.38 bits per heavy atom. The van der Waals surface area contributed by atoms with E-state index >= 15 is 0 Å². The average Bonchev–Trinajstić information content (AvgIpc) is 3.13. The van der Waals surface area contributed by atoms with Gasteiger partial charge >= 0.3 is 5.97 Å². The van der Waals surface area contributed by atoms with Gasteiger partial charge in [-0.2, -0.15) is 0 Å². The number of carboxylic acid groups (broad SMARTS) is 1. The predicted octanol–water partition coefficient (Wildman–Crippen LogP) is 2.47. The number of benzene rings is 1. The lowest BCUT2D eigenvalue weighted by Crippen LogP contribution is -2.45. The third kappa shape index (κ3) is 5.42. The monoisotopic (exact) mass is 374 g/mol. The van der Waals surface area contributed by atoms with Gasteiger partial charge in [0.1, 0.15) is 6.04 Å². The lowest BCUT2D eigenvalue weighted by atomic mass is 10.0. The molecule has 2 rings (SSSR count). The van der Waals surface area contributed by atoms with Crippen LogP contribution in [-0.2, 0) is 20.8 Å². The van der Waals surface area contributed by atoms with E-state index in [0.29, 0.717) is 0 Å². The van der Waals surface area contributed by atoms with Gasteiger partial charge in [0.25, 0.3) is 0 Å². The van der Waals surface area contributed by atoms with Gasteiger partial charge in [-0.25, -0.2) is 4.79 Å². The van der Waals surface area contributed by atoms with Gasteiger partial charge in [0, 0.05) is 25.3 Å². The Labute approximate surface area is 156 Å². The Kier molecular flexibility index (Phi) is 6.91. The fraction of sp³-hybridized carbons (Fsp3) is 0.316. The molecule has 6 nitrogen and oxygen atoms in total. The van der Waals surface area contributed by atoms with Gasteiger partial charge < -0.3 is 15.3 Å². The second kappa shape index (κ2) is 9.15. The molecule has 0 radical (unpaired) electrons. The summed E-state index contributed by atoms with van der Waals surface area (Å²) in [6.07, 6.45) is 0.234. The number of carbonyl (C=O) groups is 3. The van der Waals surface area contributed by atoms with Crippen molar-refractivity contribution >= 4 is 29.1 Å². The number of rotatable bonds is 8. The van der Waals surface area contributed by atoms with Crippen molar-refractivity contribution in [2.45, 2.75) is 31.8 Å². The molecule has 2 N–H and O–H groups in total. The highest BCUT2D eigenvalue weighted by Crippen LogP contribution is 2.23. The van der Waals surface area contributed by atoms with E-state index < -0.39 is 18.1 Å². The quantitative estimate of drug-likeness (QED) is 0.743. The molecule has 0 spiro atoms. The molecule has 7 heteroatoms. The van der Waals surface area contributed by atoms with Crippen molar-refractivity contribution in [1.29, 1.82) is 0 Å². The topological polar surface area (TPSA) is 86.7 Å². The van der Waals surface area contributed by atoms with E-state index in [1.807, 2.05) is 47.8 Å². The van der Waals surface area contributed by atoms with E-state index in [2.05, 4.69) is 5.32 Å². The molecular formula is C19H22N2O4S. The van der Waals surface area contributed by atoms with Crippen LogP contribution in [0.2, 0.25) is 0 Å². The van der Waals surface area contributed by atoms with Crippen LogP contribution in [0.25, 0.3) is 0 Å². The first-order chi connectivity index (χ1) is 12.4.